The Bertz CT molecular complexity index is 963. The third-order valence-corrected chi connectivity index (χ3v) is 5.85. The van der Waals surface area contributed by atoms with Gasteiger partial charge in [-0.05, 0) is 25.0 Å². The fourth-order valence-corrected chi connectivity index (χ4v) is 4.15. The molecule has 132 valence electrons. The number of benzene rings is 1. The molecule has 4 rings (SSSR count). The van der Waals surface area contributed by atoms with Crippen molar-refractivity contribution in [2.24, 2.45) is 7.05 Å². The van der Waals surface area contributed by atoms with Crippen LogP contribution in [0.3, 0.4) is 0 Å². The fraction of sp³-hybridized carbons (Fsp3) is 0.375. The van der Waals surface area contributed by atoms with E-state index in [4.69, 9.17) is 4.74 Å². The van der Waals surface area contributed by atoms with Crippen LogP contribution in [-0.2, 0) is 21.9 Å². The number of nitrogens with one attached hydrogen (secondary N) is 1. The number of hydrogen-bond acceptors (Lipinski definition) is 5. The summed E-state index contributed by atoms with van der Waals surface area (Å²) >= 11 is 0. The van der Waals surface area contributed by atoms with Crippen LogP contribution in [0.2, 0.25) is 0 Å². The van der Waals surface area contributed by atoms with Gasteiger partial charge >= 0.3 is 0 Å². The van der Waals surface area contributed by atoms with Crippen molar-refractivity contribution in [1.29, 1.82) is 0 Å². The molecule has 1 aromatic carbocycles. The maximum Gasteiger partial charge on any atom is 0.279 e. The monoisotopic (exact) mass is 362 g/mol. The first-order chi connectivity index (χ1) is 11.9. The molecule has 2 heterocycles. The highest BCUT2D eigenvalue weighted by atomic mass is 32.2. The Labute approximate surface area is 145 Å². The van der Waals surface area contributed by atoms with E-state index >= 15 is 0 Å². The average Bonchev–Trinajstić information content (AvgIpc) is 3.33. The zero-order valence-corrected chi connectivity index (χ0v) is 14.7. The zero-order chi connectivity index (χ0) is 17.8. The summed E-state index contributed by atoms with van der Waals surface area (Å²) in [6, 6.07) is 6.60. The van der Waals surface area contributed by atoms with Crippen LogP contribution in [0.5, 0.6) is 5.75 Å². The first-order valence-corrected chi connectivity index (χ1v) is 9.44. The highest BCUT2D eigenvalue weighted by molar-refractivity contribution is 7.92. The second kappa shape index (κ2) is 5.48. The minimum atomic E-state index is -3.85. The van der Waals surface area contributed by atoms with Gasteiger partial charge in [0.1, 0.15) is 11.4 Å². The third-order valence-electron chi connectivity index (χ3n) is 4.43. The number of anilines is 2. The lowest BCUT2D eigenvalue weighted by atomic mass is 10.2. The topological polar surface area (TPSA) is 93.5 Å². The van der Waals surface area contributed by atoms with Crippen molar-refractivity contribution < 1.29 is 17.9 Å². The Kier molecular flexibility index (Phi) is 3.50. The third kappa shape index (κ3) is 2.74. The summed E-state index contributed by atoms with van der Waals surface area (Å²) in [7, 11) is -0.642. The largest absolute Gasteiger partial charge is 0.481 e. The van der Waals surface area contributed by atoms with Gasteiger partial charge in [-0.25, -0.2) is 0 Å². The minimum Gasteiger partial charge on any atom is -0.481 e. The first-order valence-electron chi connectivity index (χ1n) is 7.96. The van der Waals surface area contributed by atoms with E-state index in [0.717, 1.165) is 18.5 Å². The van der Waals surface area contributed by atoms with Crippen LogP contribution in [0.25, 0.3) is 0 Å². The maximum atomic E-state index is 12.8. The van der Waals surface area contributed by atoms with Gasteiger partial charge in [-0.2, -0.15) is 13.5 Å². The fourth-order valence-electron chi connectivity index (χ4n) is 2.93. The summed E-state index contributed by atoms with van der Waals surface area (Å²) in [5, 5.41) is 4.40. The van der Waals surface area contributed by atoms with Gasteiger partial charge in [-0.1, -0.05) is 6.07 Å². The minimum absolute atomic E-state index is 0.0633. The molecule has 25 heavy (non-hydrogen) atoms. The molecular formula is C16H18N4O4S. The summed E-state index contributed by atoms with van der Waals surface area (Å²) < 4.78 is 35.0. The smallest absolute Gasteiger partial charge is 0.279 e. The second-order valence-corrected chi connectivity index (χ2v) is 7.93. The normalized spacial score (nSPS) is 17.2. The predicted octanol–water partition coefficient (Wildman–Crippen LogP) is 1.45. The molecule has 2 aliphatic rings. The van der Waals surface area contributed by atoms with Gasteiger partial charge < -0.3 is 9.64 Å². The molecule has 0 spiro atoms. The Hall–Kier alpha value is -2.55. The SMILES string of the molecule is CN1C(=O)COc2cccc(NS(=O)(=O)c3cc(C4CC4)nn3C)c21. The number of rotatable bonds is 4. The van der Waals surface area contributed by atoms with Crippen LogP contribution < -0.4 is 14.4 Å². The Balaban J connectivity index is 1.71. The van der Waals surface area contributed by atoms with Crippen molar-refractivity contribution in [2.75, 3.05) is 23.3 Å². The van der Waals surface area contributed by atoms with Crippen molar-refractivity contribution in [3.05, 3.63) is 30.0 Å². The molecule has 1 fully saturated rings. The number of para-hydroxylation sites is 1. The molecular weight excluding hydrogens is 344 g/mol. The number of likely N-dealkylation sites (N-methyl/N-ethyl adjacent to an activating group) is 1. The number of aryl methyl sites for hydroxylation is 1. The van der Waals surface area contributed by atoms with Crippen LogP contribution in [0, 0.1) is 0 Å². The molecule has 1 amide bonds. The van der Waals surface area contributed by atoms with Crippen LogP contribution in [0.15, 0.2) is 29.3 Å². The lowest BCUT2D eigenvalue weighted by molar-refractivity contribution is -0.120. The molecule has 1 aromatic heterocycles. The second-order valence-electron chi connectivity index (χ2n) is 6.30. The van der Waals surface area contributed by atoms with Gasteiger partial charge in [0.25, 0.3) is 15.9 Å². The number of hydrogen-bond donors (Lipinski definition) is 1. The summed E-state index contributed by atoms with van der Waals surface area (Å²) in [6.07, 6.45) is 2.08. The predicted molar refractivity (Wildman–Crippen MR) is 91.3 cm³/mol. The number of sulfonamides is 1. The zero-order valence-electron chi connectivity index (χ0n) is 13.9. The highest BCUT2D eigenvalue weighted by Crippen LogP contribution is 2.41. The first kappa shape index (κ1) is 15.9. The lowest BCUT2D eigenvalue weighted by Gasteiger charge is -2.28. The molecule has 2 aromatic rings. The average molecular weight is 362 g/mol. The van der Waals surface area contributed by atoms with E-state index in [1.54, 1.807) is 38.4 Å². The molecule has 0 saturated heterocycles. The van der Waals surface area contributed by atoms with Gasteiger partial charge in [0.05, 0.1) is 11.4 Å². The molecule has 1 aliphatic heterocycles. The van der Waals surface area contributed by atoms with E-state index in [-0.39, 0.29) is 17.5 Å². The number of ether oxygens (including phenoxy) is 1. The van der Waals surface area contributed by atoms with Crippen molar-refractivity contribution in [1.82, 2.24) is 9.78 Å². The lowest BCUT2D eigenvalue weighted by Crippen LogP contribution is -2.36. The number of amides is 1. The molecule has 9 heteroatoms. The summed E-state index contributed by atoms with van der Waals surface area (Å²) in [4.78, 5) is 13.3. The van der Waals surface area contributed by atoms with Crippen LogP contribution in [-0.4, -0.2) is 37.8 Å². The van der Waals surface area contributed by atoms with Crippen LogP contribution in [0.1, 0.15) is 24.5 Å². The van der Waals surface area contributed by atoms with Gasteiger partial charge in [-0.3, -0.25) is 14.2 Å². The summed E-state index contributed by atoms with van der Waals surface area (Å²) in [5.74, 6) is 0.582. The van der Waals surface area contributed by atoms with E-state index in [9.17, 15) is 13.2 Å². The number of carbonyl (C=O) groups excluding carboxylic acids is 1. The number of nitrogens with zero attached hydrogens (tertiary/aromatic N) is 3. The molecule has 0 atom stereocenters. The maximum absolute atomic E-state index is 12.8. The summed E-state index contributed by atoms with van der Waals surface area (Å²) in [6.45, 7) is -0.0633. The van der Waals surface area contributed by atoms with Gasteiger partial charge in [-0.15, -0.1) is 0 Å². The highest BCUT2D eigenvalue weighted by Gasteiger charge is 2.31. The van der Waals surface area contributed by atoms with Crippen molar-refractivity contribution >= 4 is 27.3 Å². The van der Waals surface area contributed by atoms with Gasteiger partial charge in [0.15, 0.2) is 11.6 Å². The van der Waals surface area contributed by atoms with Crippen LogP contribution in [0.4, 0.5) is 11.4 Å². The molecule has 8 nitrogen and oxygen atoms in total. The number of aromatic nitrogens is 2. The molecule has 0 unspecified atom stereocenters. The van der Waals surface area contributed by atoms with E-state index in [1.807, 2.05) is 0 Å². The van der Waals surface area contributed by atoms with Gasteiger partial charge in [0, 0.05) is 26.1 Å². The van der Waals surface area contributed by atoms with Gasteiger partial charge in [0.2, 0.25) is 0 Å². The number of fused-ring (bicyclic) bond motifs is 1. The Morgan fingerprint density at radius 3 is 2.76 bits per heavy atom. The van der Waals surface area contributed by atoms with Crippen molar-refractivity contribution in [3.8, 4) is 5.75 Å². The van der Waals surface area contributed by atoms with Crippen LogP contribution >= 0.6 is 0 Å². The molecule has 1 N–H and O–H groups in total. The van der Waals surface area contributed by atoms with E-state index in [0.29, 0.717) is 23.0 Å². The Morgan fingerprint density at radius 1 is 1.28 bits per heavy atom. The quantitative estimate of drug-likeness (QED) is 0.889. The van der Waals surface area contributed by atoms with E-state index in [1.165, 1.54) is 9.58 Å². The molecule has 0 bridgehead atoms. The molecule has 1 aliphatic carbocycles. The van der Waals surface area contributed by atoms with E-state index in [2.05, 4.69) is 9.82 Å². The number of carbonyl (C=O) groups is 1. The molecule has 1 saturated carbocycles. The van der Waals surface area contributed by atoms with Crippen molar-refractivity contribution in [2.45, 2.75) is 23.8 Å². The van der Waals surface area contributed by atoms with E-state index < -0.39 is 10.0 Å². The standard InChI is InChI=1S/C16H18N4O4S/c1-19-14(21)9-24-13-5-3-4-11(16(13)19)18-25(22,23)15-8-12(10-6-7-10)17-20(15)2/h3-5,8,10,18H,6-7,9H2,1-2H3. The Morgan fingerprint density at radius 2 is 2.04 bits per heavy atom. The summed E-state index contributed by atoms with van der Waals surface area (Å²) in [5.41, 5.74) is 1.50. The van der Waals surface area contributed by atoms with Crippen molar-refractivity contribution in [3.63, 3.8) is 0 Å². The molecule has 0 radical (unpaired) electrons.